The lowest BCUT2D eigenvalue weighted by Crippen LogP contribution is -2.40. The van der Waals surface area contributed by atoms with Crippen molar-refractivity contribution >= 4 is 54.6 Å². The van der Waals surface area contributed by atoms with Crippen LogP contribution in [0.15, 0.2) is 186 Å². The molecule has 11 rings (SSSR count). The Morgan fingerprint density at radius 2 is 0.945 bits per heavy atom. The quantitative estimate of drug-likeness (QED) is 0.166. The molecule has 260 valence electrons. The summed E-state index contributed by atoms with van der Waals surface area (Å²) in [4.78, 5) is 0. The fourth-order valence-corrected chi connectivity index (χ4v) is 9.37. The Kier molecular flexibility index (Phi) is 7.12. The predicted molar refractivity (Wildman–Crippen MR) is 222 cm³/mol. The van der Waals surface area contributed by atoms with Crippen LogP contribution in [0.4, 0.5) is 8.78 Å². The number of hydrogen-bond acceptors (Lipinski definition) is 1. The highest BCUT2D eigenvalue weighted by Crippen LogP contribution is 2.47. The van der Waals surface area contributed by atoms with Crippen LogP contribution in [-0.4, -0.2) is 0 Å². The summed E-state index contributed by atoms with van der Waals surface area (Å²) in [5.41, 5.74) is 9.19. The highest BCUT2D eigenvalue weighted by molar-refractivity contribution is 6.22. The van der Waals surface area contributed by atoms with Crippen LogP contribution in [0, 0.1) is 23.5 Å². The summed E-state index contributed by atoms with van der Waals surface area (Å²) in [6.45, 7) is 0. The van der Waals surface area contributed by atoms with Crippen LogP contribution in [0.25, 0.3) is 76.9 Å². The number of para-hydroxylation sites is 1. The number of benzene rings is 8. The van der Waals surface area contributed by atoms with Crippen LogP contribution in [0.1, 0.15) is 11.1 Å². The van der Waals surface area contributed by atoms with E-state index in [2.05, 4.69) is 127 Å². The third-order valence-corrected chi connectivity index (χ3v) is 11.6. The van der Waals surface area contributed by atoms with Crippen molar-refractivity contribution in [2.24, 2.45) is 11.8 Å². The van der Waals surface area contributed by atoms with Gasteiger partial charge in [0.1, 0.15) is 22.8 Å². The summed E-state index contributed by atoms with van der Waals surface area (Å²) in [5, 5.41) is 7.97. The van der Waals surface area contributed by atoms with E-state index in [9.17, 15) is 0 Å². The molecular weight excluding hydrogens is 679 g/mol. The van der Waals surface area contributed by atoms with Crippen molar-refractivity contribution in [1.29, 1.82) is 0 Å². The van der Waals surface area contributed by atoms with Crippen LogP contribution in [0.5, 0.6) is 0 Å². The van der Waals surface area contributed by atoms with E-state index in [1.165, 1.54) is 45.3 Å². The molecule has 55 heavy (non-hydrogen) atoms. The highest BCUT2D eigenvalue weighted by atomic mass is 19.1. The van der Waals surface area contributed by atoms with Crippen molar-refractivity contribution in [3.8, 4) is 22.3 Å². The molecule has 2 unspecified atom stereocenters. The fourth-order valence-electron chi connectivity index (χ4n) is 9.37. The number of fused-ring (bicyclic) bond motifs is 7. The predicted octanol–water partition coefficient (Wildman–Crippen LogP) is 12.3. The molecule has 0 N–H and O–H groups in total. The molecule has 9 aromatic rings. The first kappa shape index (κ1) is 31.7. The Bertz CT molecular complexity index is 3160. The summed E-state index contributed by atoms with van der Waals surface area (Å²) < 4.78 is 37.8. The molecule has 0 fully saturated rings. The second-order valence-corrected chi connectivity index (χ2v) is 14.5. The number of rotatable bonds is 4. The van der Waals surface area contributed by atoms with Gasteiger partial charge in [-0.15, -0.1) is 0 Å². The first-order chi connectivity index (χ1) is 27.2. The zero-order valence-corrected chi connectivity index (χ0v) is 29.6. The van der Waals surface area contributed by atoms with Crippen LogP contribution in [0.2, 0.25) is 0 Å². The molecule has 0 saturated carbocycles. The lowest BCUT2D eigenvalue weighted by molar-refractivity contribution is 0.590. The minimum atomic E-state index is -0.580. The van der Waals surface area contributed by atoms with E-state index in [0.29, 0.717) is 5.56 Å². The van der Waals surface area contributed by atoms with Crippen molar-refractivity contribution in [2.45, 2.75) is 0 Å². The zero-order valence-electron chi connectivity index (χ0n) is 29.6. The normalized spacial score (nSPS) is 16.3. The summed E-state index contributed by atoms with van der Waals surface area (Å²) in [7, 11) is 0. The average Bonchev–Trinajstić information content (AvgIpc) is 3.61. The maximum absolute atomic E-state index is 15.5. The Hall–Kier alpha value is -6.84. The lowest BCUT2D eigenvalue weighted by atomic mass is 9.70. The lowest BCUT2D eigenvalue weighted by Gasteiger charge is -2.33. The third-order valence-electron chi connectivity index (χ3n) is 11.6. The standard InChI is InChI=1S/C52H32F2O/c53-44-26-13-27-45(54)51(44)50-39-22-10-6-18-35(39)48(36-19-7-11-23-40(36)50)32-28-29-46-43(30-32)41-24-12-25-42(52(41)55-46)49-37-20-8-4-16-33(37)47(31-14-2-1-3-15-31)34-17-5-9-21-38(34)49/h1-30,33,37H. The molecule has 0 spiro atoms. The SMILES string of the molecule is Fc1cccc(F)c1-c1c2ccccc2c(-c2ccc3oc4c(C5=c6ccccc6=C(c6ccccc6)C6C=CC=CC56)cccc4c3c2)c2ccccc12. The van der Waals surface area contributed by atoms with Gasteiger partial charge in [-0.1, -0.05) is 158 Å². The first-order valence-corrected chi connectivity index (χ1v) is 18.7. The van der Waals surface area contributed by atoms with Crippen molar-refractivity contribution in [3.05, 3.63) is 215 Å². The third kappa shape index (κ3) is 4.76. The van der Waals surface area contributed by atoms with Gasteiger partial charge in [-0.2, -0.15) is 0 Å². The van der Waals surface area contributed by atoms with E-state index in [-0.39, 0.29) is 17.4 Å². The van der Waals surface area contributed by atoms with Gasteiger partial charge in [-0.25, -0.2) is 8.78 Å². The minimum Gasteiger partial charge on any atom is -0.455 e. The van der Waals surface area contributed by atoms with Gasteiger partial charge in [-0.05, 0) is 84.1 Å². The van der Waals surface area contributed by atoms with E-state index in [0.717, 1.165) is 60.2 Å². The largest absolute Gasteiger partial charge is 0.455 e. The van der Waals surface area contributed by atoms with Gasteiger partial charge in [0.2, 0.25) is 0 Å². The minimum absolute atomic E-state index is 0.00826. The fraction of sp³-hybridized carbons (Fsp3) is 0.0385. The van der Waals surface area contributed by atoms with E-state index in [1.54, 1.807) is 0 Å². The smallest absolute Gasteiger partial charge is 0.142 e. The molecule has 3 heteroatoms. The molecule has 2 aliphatic rings. The van der Waals surface area contributed by atoms with E-state index in [4.69, 9.17) is 4.42 Å². The van der Waals surface area contributed by atoms with Gasteiger partial charge < -0.3 is 4.42 Å². The molecule has 0 saturated heterocycles. The van der Waals surface area contributed by atoms with Crippen LogP contribution >= 0.6 is 0 Å². The Morgan fingerprint density at radius 1 is 0.400 bits per heavy atom. The Balaban J connectivity index is 1.17. The summed E-state index contributed by atoms with van der Waals surface area (Å²) in [5.74, 6) is -0.862. The number of hydrogen-bond donors (Lipinski definition) is 0. The zero-order chi connectivity index (χ0) is 36.6. The second-order valence-electron chi connectivity index (χ2n) is 14.5. The molecule has 0 aliphatic heterocycles. The molecule has 1 nitrogen and oxygen atoms in total. The maximum Gasteiger partial charge on any atom is 0.142 e. The molecule has 1 heterocycles. The van der Waals surface area contributed by atoms with Gasteiger partial charge in [0.15, 0.2) is 0 Å². The summed E-state index contributed by atoms with van der Waals surface area (Å²) in [6, 6.07) is 52.4. The van der Waals surface area contributed by atoms with E-state index < -0.39 is 11.6 Å². The maximum atomic E-state index is 15.5. The second kappa shape index (κ2) is 12.4. The monoisotopic (exact) mass is 710 g/mol. The Morgan fingerprint density at radius 3 is 1.62 bits per heavy atom. The van der Waals surface area contributed by atoms with Gasteiger partial charge in [0.25, 0.3) is 0 Å². The number of halogens is 2. The van der Waals surface area contributed by atoms with E-state index in [1.807, 2.05) is 36.4 Å². The van der Waals surface area contributed by atoms with Crippen molar-refractivity contribution in [2.75, 3.05) is 0 Å². The molecule has 2 atom stereocenters. The summed E-state index contributed by atoms with van der Waals surface area (Å²) in [6.07, 6.45) is 9.02. The highest BCUT2D eigenvalue weighted by Gasteiger charge is 2.33. The molecule has 2 aliphatic carbocycles. The van der Waals surface area contributed by atoms with Gasteiger partial charge in [0.05, 0.1) is 5.56 Å². The molecular formula is C52H32F2O. The van der Waals surface area contributed by atoms with Crippen LogP contribution < -0.4 is 10.4 Å². The van der Waals surface area contributed by atoms with Crippen molar-refractivity contribution < 1.29 is 13.2 Å². The molecule has 0 bridgehead atoms. The number of allylic oxidation sites excluding steroid dienone is 4. The van der Waals surface area contributed by atoms with Crippen LogP contribution in [0.3, 0.4) is 0 Å². The number of furan rings is 1. The molecule has 0 radical (unpaired) electrons. The average molecular weight is 711 g/mol. The van der Waals surface area contributed by atoms with Gasteiger partial charge in [-0.3, -0.25) is 0 Å². The molecule has 1 aromatic heterocycles. The van der Waals surface area contributed by atoms with Gasteiger partial charge in [0, 0.05) is 33.7 Å². The summed E-state index contributed by atoms with van der Waals surface area (Å²) >= 11 is 0. The first-order valence-electron chi connectivity index (χ1n) is 18.7. The van der Waals surface area contributed by atoms with Crippen molar-refractivity contribution in [1.82, 2.24) is 0 Å². The Labute approximate surface area is 316 Å². The van der Waals surface area contributed by atoms with Crippen molar-refractivity contribution in [3.63, 3.8) is 0 Å². The van der Waals surface area contributed by atoms with Crippen LogP contribution in [-0.2, 0) is 0 Å². The molecule has 0 amide bonds. The van der Waals surface area contributed by atoms with E-state index >= 15 is 8.78 Å². The molecule has 8 aromatic carbocycles. The van der Waals surface area contributed by atoms with Gasteiger partial charge >= 0.3 is 0 Å². The topological polar surface area (TPSA) is 13.1 Å².